The number of carbonyl (C=O) groups is 3. The summed E-state index contributed by atoms with van der Waals surface area (Å²) < 4.78 is 0. The van der Waals surface area contributed by atoms with Gasteiger partial charge in [0.1, 0.15) is 12.1 Å². The predicted molar refractivity (Wildman–Crippen MR) is 88.0 cm³/mol. The lowest BCUT2D eigenvalue weighted by Crippen LogP contribution is -2.44. The summed E-state index contributed by atoms with van der Waals surface area (Å²) in [4.78, 5) is 37.4. The van der Waals surface area contributed by atoms with Crippen molar-refractivity contribution in [1.29, 1.82) is 0 Å². The molecule has 0 bridgehead atoms. The fraction of sp³-hybridized carbons (Fsp3) is 0.471. The molecule has 0 aromatic heterocycles. The third kappa shape index (κ3) is 3.70. The number of benzene rings is 1. The molecule has 1 aromatic carbocycles. The average Bonchev–Trinajstić information content (AvgIpc) is 2.72. The van der Waals surface area contributed by atoms with Crippen molar-refractivity contribution in [1.82, 2.24) is 10.2 Å². The lowest BCUT2D eigenvalue weighted by Gasteiger charge is -2.20. The van der Waals surface area contributed by atoms with E-state index in [1.807, 2.05) is 31.2 Å². The Morgan fingerprint density at radius 2 is 1.87 bits per heavy atom. The fourth-order valence-electron chi connectivity index (χ4n) is 2.73. The van der Waals surface area contributed by atoms with E-state index in [0.29, 0.717) is 12.1 Å². The van der Waals surface area contributed by atoms with Crippen LogP contribution in [0.1, 0.15) is 39.2 Å². The van der Waals surface area contributed by atoms with Gasteiger partial charge in [-0.2, -0.15) is 0 Å². The standard InChI is InChI=1S/C17H23N3O3/c1-4-10-17(3)15(22)20(16(23)19-17)11-14(21)18-13-8-6-12(5-2)7-9-13/h6-9H,4-5,10-11H2,1-3H3,(H,18,21)(H,19,23). The first-order chi connectivity index (χ1) is 10.9. The summed E-state index contributed by atoms with van der Waals surface area (Å²) in [6, 6.07) is 6.97. The van der Waals surface area contributed by atoms with Gasteiger partial charge >= 0.3 is 6.03 Å². The van der Waals surface area contributed by atoms with Crippen LogP contribution >= 0.6 is 0 Å². The Bertz CT molecular complexity index is 612. The molecule has 0 saturated carbocycles. The molecule has 1 atom stereocenters. The Hall–Kier alpha value is -2.37. The third-order valence-corrected chi connectivity index (χ3v) is 4.04. The smallest absolute Gasteiger partial charge is 0.325 e. The number of urea groups is 1. The fourth-order valence-corrected chi connectivity index (χ4v) is 2.73. The highest BCUT2D eigenvalue weighted by molar-refractivity contribution is 6.09. The summed E-state index contributed by atoms with van der Waals surface area (Å²) in [5.41, 5.74) is 0.914. The zero-order valence-corrected chi connectivity index (χ0v) is 13.8. The Labute approximate surface area is 136 Å². The molecule has 1 aliphatic rings. The number of anilines is 1. The highest BCUT2D eigenvalue weighted by Gasteiger charge is 2.47. The maximum absolute atomic E-state index is 12.4. The Balaban J connectivity index is 1.99. The largest absolute Gasteiger partial charge is 0.325 e. The van der Waals surface area contributed by atoms with Crippen LogP contribution in [0.3, 0.4) is 0 Å². The first-order valence-corrected chi connectivity index (χ1v) is 7.92. The molecule has 4 amide bonds. The summed E-state index contributed by atoms with van der Waals surface area (Å²) in [7, 11) is 0. The molecule has 1 fully saturated rings. The molecule has 1 aromatic rings. The lowest BCUT2D eigenvalue weighted by molar-refractivity contribution is -0.133. The van der Waals surface area contributed by atoms with E-state index in [1.165, 1.54) is 5.56 Å². The van der Waals surface area contributed by atoms with Gasteiger partial charge in [-0.25, -0.2) is 4.79 Å². The number of amides is 4. The van der Waals surface area contributed by atoms with Crippen LogP contribution in [0.2, 0.25) is 0 Å². The van der Waals surface area contributed by atoms with Crippen molar-refractivity contribution in [3.05, 3.63) is 29.8 Å². The van der Waals surface area contributed by atoms with E-state index in [0.717, 1.165) is 17.7 Å². The van der Waals surface area contributed by atoms with Gasteiger partial charge in [-0.3, -0.25) is 14.5 Å². The highest BCUT2D eigenvalue weighted by Crippen LogP contribution is 2.22. The minimum Gasteiger partial charge on any atom is -0.325 e. The summed E-state index contributed by atoms with van der Waals surface area (Å²) in [5.74, 6) is -0.737. The summed E-state index contributed by atoms with van der Waals surface area (Å²) in [6.07, 6.45) is 2.24. The number of hydrogen-bond donors (Lipinski definition) is 2. The molecule has 1 aliphatic heterocycles. The van der Waals surface area contributed by atoms with Gasteiger partial charge in [-0.15, -0.1) is 0 Å². The van der Waals surface area contributed by atoms with Crippen molar-refractivity contribution in [3.8, 4) is 0 Å². The van der Waals surface area contributed by atoms with Crippen LogP contribution in [0.4, 0.5) is 10.5 Å². The summed E-state index contributed by atoms with van der Waals surface area (Å²) in [6.45, 7) is 5.41. The number of nitrogens with one attached hydrogen (secondary N) is 2. The van der Waals surface area contributed by atoms with Crippen molar-refractivity contribution < 1.29 is 14.4 Å². The van der Waals surface area contributed by atoms with Gasteiger partial charge in [-0.1, -0.05) is 32.4 Å². The highest BCUT2D eigenvalue weighted by atomic mass is 16.2. The monoisotopic (exact) mass is 317 g/mol. The molecule has 1 saturated heterocycles. The number of rotatable bonds is 6. The van der Waals surface area contributed by atoms with E-state index >= 15 is 0 Å². The van der Waals surface area contributed by atoms with Crippen molar-refractivity contribution in [3.63, 3.8) is 0 Å². The van der Waals surface area contributed by atoms with E-state index in [1.54, 1.807) is 6.92 Å². The number of imide groups is 1. The molecule has 6 heteroatoms. The molecule has 1 heterocycles. The molecule has 0 radical (unpaired) electrons. The Morgan fingerprint density at radius 3 is 2.43 bits per heavy atom. The van der Waals surface area contributed by atoms with Crippen molar-refractivity contribution >= 4 is 23.5 Å². The molecule has 2 rings (SSSR count). The normalized spacial score (nSPS) is 20.6. The van der Waals surface area contributed by atoms with Crippen LogP contribution in [-0.4, -0.2) is 34.8 Å². The first kappa shape index (κ1) is 17.0. The molecular weight excluding hydrogens is 294 g/mol. The van der Waals surface area contributed by atoms with Gasteiger partial charge < -0.3 is 10.6 Å². The number of hydrogen-bond acceptors (Lipinski definition) is 3. The first-order valence-electron chi connectivity index (χ1n) is 7.92. The van der Waals surface area contributed by atoms with E-state index in [9.17, 15) is 14.4 Å². The molecule has 124 valence electrons. The van der Waals surface area contributed by atoms with Crippen LogP contribution in [0.5, 0.6) is 0 Å². The second kappa shape index (κ2) is 6.81. The lowest BCUT2D eigenvalue weighted by atomic mass is 9.96. The van der Waals surface area contributed by atoms with Gasteiger partial charge in [0, 0.05) is 5.69 Å². The SMILES string of the molecule is CCCC1(C)NC(=O)N(CC(=O)Nc2ccc(CC)cc2)C1=O. The van der Waals surface area contributed by atoms with Crippen LogP contribution in [0.25, 0.3) is 0 Å². The molecule has 23 heavy (non-hydrogen) atoms. The summed E-state index contributed by atoms with van der Waals surface area (Å²) >= 11 is 0. The maximum Gasteiger partial charge on any atom is 0.325 e. The van der Waals surface area contributed by atoms with E-state index in [2.05, 4.69) is 17.6 Å². The summed E-state index contributed by atoms with van der Waals surface area (Å²) in [5, 5.41) is 5.38. The zero-order valence-electron chi connectivity index (χ0n) is 13.8. The Kier molecular flexibility index (Phi) is 5.03. The van der Waals surface area contributed by atoms with Crippen LogP contribution in [0, 0.1) is 0 Å². The number of nitrogens with zero attached hydrogens (tertiary/aromatic N) is 1. The van der Waals surface area contributed by atoms with Crippen LogP contribution < -0.4 is 10.6 Å². The minimum absolute atomic E-state index is 0.278. The van der Waals surface area contributed by atoms with E-state index < -0.39 is 17.5 Å². The van der Waals surface area contributed by atoms with E-state index in [4.69, 9.17) is 0 Å². The van der Waals surface area contributed by atoms with Gasteiger partial charge in [-0.05, 0) is 37.5 Å². The van der Waals surface area contributed by atoms with Gasteiger partial charge in [0.25, 0.3) is 5.91 Å². The molecule has 1 unspecified atom stereocenters. The quantitative estimate of drug-likeness (QED) is 0.790. The number of carbonyl (C=O) groups excluding carboxylic acids is 3. The minimum atomic E-state index is -0.908. The average molecular weight is 317 g/mol. The third-order valence-electron chi connectivity index (χ3n) is 4.04. The van der Waals surface area contributed by atoms with Gasteiger partial charge in [0.05, 0.1) is 0 Å². The zero-order chi connectivity index (χ0) is 17.0. The van der Waals surface area contributed by atoms with Crippen LogP contribution in [0.15, 0.2) is 24.3 Å². The second-order valence-corrected chi connectivity index (χ2v) is 6.00. The molecule has 2 N–H and O–H groups in total. The molecule has 0 spiro atoms. The molecule has 6 nitrogen and oxygen atoms in total. The van der Waals surface area contributed by atoms with E-state index in [-0.39, 0.29) is 12.5 Å². The van der Waals surface area contributed by atoms with Crippen LogP contribution in [-0.2, 0) is 16.0 Å². The van der Waals surface area contributed by atoms with Gasteiger partial charge in [0.15, 0.2) is 0 Å². The van der Waals surface area contributed by atoms with Crippen molar-refractivity contribution in [2.24, 2.45) is 0 Å². The van der Waals surface area contributed by atoms with Crippen molar-refractivity contribution in [2.75, 3.05) is 11.9 Å². The molecule has 0 aliphatic carbocycles. The Morgan fingerprint density at radius 1 is 1.22 bits per heavy atom. The number of aryl methyl sites for hydroxylation is 1. The van der Waals surface area contributed by atoms with Gasteiger partial charge in [0.2, 0.25) is 5.91 Å². The second-order valence-electron chi connectivity index (χ2n) is 6.00. The molecular formula is C17H23N3O3. The topological polar surface area (TPSA) is 78.5 Å². The maximum atomic E-state index is 12.4. The van der Waals surface area contributed by atoms with Crippen molar-refractivity contribution in [2.45, 2.75) is 45.6 Å². The predicted octanol–water partition coefficient (Wildman–Crippen LogP) is 2.30.